The van der Waals surface area contributed by atoms with Gasteiger partial charge in [-0.3, -0.25) is 9.59 Å². The van der Waals surface area contributed by atoms with Crippen LogP contribution in [0.3, 0.4) is 0 Å². The predicted octanol–water partition coefficient (Wildman–Crippen LogP) is 4.33. The Labute approximate surface area is 208 Å². The predicted molar refractivity (Wildman–Crippen MR) is 139 cm³/mol. The van der Waals surface area contributed by atoms with E-state index < -0.39 is 0 Å². The van der Waals surface area contributed by atoms with Crippen molar-refractivity contribution in [3.8, 4) is 0 Å². The Kier molecular flexibility index (Phi) is 7.12. The minimum absolute atomic E-state index is 0.0148. The number of amides is 1. The molecule has 1 atom stereocenters. The van der Waals surface area contributed by atoms with E-state index in [0.717, 1.165) is 41.7 Å². The second-order valence-corrected chi connectivity index (χ2v) is 8.89. The summed E-state index contributed by atoms with van der Waals surface area (Å²) in [5.41, 5.74) is 3.43. The van der Waals surface area contributed by atoms with Gasteiger partial charge in [0.15, 0.2) is 0 Å². The van der Waals surface area contributed by atoms with Gasteiger partial charge < -0.3 is 10.3 Å². The van der Waals surface area contributed by atoms with Crippen LogP contribution < -0.4 is 10.9 Å². The molecule has 2 N–H and O–H groups in total. The van der Waals surface area contributed by atoms with Crippen molar-refractivity contribution in [2.45, 2.75) is 44.7 Å². The van der Waals surface area contributed by atoms with Gasteiger partial charge in [-0.25, -0.2) is 9.67 Å². The molecule has 3 aromatic carbocycles. The number of carbonyl (C=O) groups is 1. The average molecular weight is 481 g/mol. The largest absolute Gasteiger partial charge is 0.346 e. The molecule has 182 valence electrons. The number of nitrogens with one attached hydrogen (secondary N) is 2. The Morgan fingerprint density at radius 2 is 1.64 bits per heavy atom. The van der Waals surface area contributed by atoms with Crippen LogP contribution in [0.15, 0.2) is 83.7 Å². The lowest BCUT2D eigenvalue weighted by Gasteiger charge is -2.17. The Bertz CT molecular complexity index is 1490. The number of H-pyrrole nitrogens is 1. The number of rotatable bonds is 10. The van der Waals surface area contributed by atoms with Crippen LogP contribution in [0.2, 0.25) is 0 Å². The van der Waals surface area contributed by atoms with Crippen molar-refractivity contribution in [1.29, 1.82) is 0 Å². The maximum Gasteiger partial charge on any atom is 0.277 e. The van der Waals surface area contributed by atoms with E-state index in [0.29, 0.717) is 30.3 Å². The van der Waals surface area contributed by atoms with E-state index in [1.165, 1.54) is 4.68 Å². The van der Waals surface area contributed by atoms with Crippen molar-refractivity contribution in [2.75, 3.05) is 0 Å². The summed E-state index contributed by atoms with van der Waals surface area (Å²) in [5, 5.41) is 11.9. The van der Waals surface area contributed by atoms with E-state index in [4.69, 9.17) is 4.98 Å². The Balaban J connectivity index is 1.17. The van der Waals surface area contributed by atoms with E-state index in [2.05, 4.69) is 32.7 Å². The standard InChI is InChI=1S/C28H28N6O2/c35-26(17-5-2-10-18-34-28(36)21-13-6-7-14-22(21)32-33-34)29-25(19-20-11-3-1-4-12-20)27-30-23-15-8-9-16-24(23)31-27/h1,3-4,6-9,11-16,25H,2,5,10,17-19H2,(H,29,35)(H,30,31). The summed E-state index contributed by atoms with van der Waals surface area (Å²) in [6.45, 7) is 0.480. The first-order valence-electron chi connectivity index (χ1n) is 12.3. The molecule has 0 aliphatic heterocycles. The molecule has 5 rings (SSSR count). The lowest BCUT2D eigenvalue weighted by Crippen LogP contribution is -2.30. The van der Waals surface area contributed by atoms with Gasteiger partial charge >= 0.3 is 0 Å². The Morgan fingerprint density at radius 1 is 0.889 bits per heavy atom. The molecule has 0 aliphatic carbocycles. The van der Waals surface area contributed by atoms with E-state index >= 15 is 0 Å². The summed E-state index contributed by atoms with van der Waals surface area (Å²) in [6.07, 6.45) is 3.33. The number of imidazole rings is 1. The molecule has 0 aliphatic rings. The molecule has 0 radical (unpaired) electrons. The second kappa shape index (κ2) is 10.9. The SMILES string of the molecule is O=C(CCCCCn1nnc2ccccc2c1=O)NC(Cc1ccccc1)c1nc2ccccc2[nH]1. The summed E-state index contributed by atoms with van der Waals surface area (Å²) >= 11 is 0. The number of aryl methyl sites for hydroxylation is 1. The second-order valence-electron chi connectivity index (χ2n) is 8.89. The molecule has 1 amide bonds. The Hall–Kier alpha value is -4.33. The van der Waals surface area contributed by atoms with Gasteiger partial charge in [-0.1, -0.05) is 66.2 Å². The molecule has 0 fully saturated rings. The van der Waals surface area contributed by atoms with Crippen LogP contribution in [0.4, 0.5) is 0 Å². The van der Waals surface area contributed by atoms with Gasteiger partial charge in [0.25, 0.3) is 5.56 Å². The van der Waals surface area contributed by atoms with Gasteiger partial charge in [-0.15, -0.1) is 5.10 Å². The summed E-state index contributed by atoms with van der Waals surface area (Å²) in [4.78, 5) is 33.5. The normalized spacial score (nSPS) is 12.1. The van der Waals surface area contributed by atoms with Crippen molar-refractivity contribution in [1.82, 2.24) is 30.3 Å². The highest BCUT2D eigenvalue weighted by molar-refractivity contribution is 5.78. The highest BCUT2D eigenvalue weighted by Gasteiger charge is 2.19. The van der Waals surface area contributed by atoms with Gasteiger partial charge in [0.2, 0.25) is 5.91 Å². The van der Waals surface area contributed by atoms with Crippen LogP contribution in [0, 0.1) is 0 Å². The van der Waals surface area contributed by atoms with Crippen molar-refractivity contribution in [3.05, 3.63) is 101 Å². The molecular formula is C28H28N6O2. The highest BCUT2D eigenvalue weighted by Crippen LogP contribution is 2.20. The minimum atomic E-state index is -0.251. The van der Waals surface area contributed by atoms with E-state index in [-0.39, 0.29) is 17.5 Å². The van der Waals surface area contributed by atoms with E-state index in [1.807, 2.05) is 54.6 Å². The highest BCUT2D eigenvalue weighted by atomic mass is 16.1. The monoisotopic (exact) mass is 480 g/mol. The van der Waals surface area contributed by atoms with Crippen molar-refractivity contribution >= 4 is 27.8 Å². The Morgan fingerprint density at radius 3 is 2.47 bits per heavy atom. The molecule has 36 heavy (non-hydrogen) atoms. The molecule has 0 spiro atoms. The molecule has 2 heterocycles. The number of aromatic amines is 1. The average Bonchev–Trinajstić information content (AvgIpc) is 3.34. The van der Waals surface area contributed by atoms with Crippen molar-refractivity contribution in [2.24, 2.45) is 0 Å². The maximum atomic E-state index is 12.8. The zero-order valence-electron chi connectivity index (χ0n) is 19.9. The molecule has 0 bridgehead atoms. The first kappa shape index (κ1) is 23.4. The third kappa shape index (κ3) is 5.49. The summed E-state index contributed by atoms with van der Waals surface area (Å²) in [6, 6.07) is 24.9. The lowest BCUT2D eigenvalue weighted by molar-refractivity contribution is -0.122. The van der Waals surface area contributed by atoms with E-state index in [9.17, 15) is 9.59 Å². The topological polar surface area (TPSA) is 106 Å². The number of hydrogen-bond donors (Lipinski definition) is 2. The number of hydrogen-bond acceptors (Lipinski definition) is 5. The van der Waals surface area contributed by atoms with Crippen LogP contribution in [0.25, 0.3) is 21.9 Å². The summed E-state index contributed by atoms with van der Waals surface area (Å²) in [5.74, 6) is 0.738. The molecule has 0 saturated carbocycles. The van der Waals surface area contributed by atoms with E-state index in [1.54, 1.807) is 12.1 Å². The number of aromatic nitrogens is 5. The molecule has 1 unspecified atom stereocenters. The van der Waals surface area contributed by atoms with Gasteiger partial charge in [0, 0.05) is 13.0 Å². The number of fused-ring (bicyclic) bond motifs is 2. The van der Waals surface area contributed by atoms with Crippen LogP contribution in [-0.2, 0) is 17.8 Å². The fraction of sp³-hybridized carbons (Fsp3) is 0.250. The number of nitrogens with zero attached hydrogens (tertiary/aromatic N) is 4. The van der Waals surface area contributed by atoms with Gasteiger partial charge in [0.1, 0.15) is 11.3 Å². The van der Waals surface area contributed by atoms with Crippen molar-refractivity contribution < 1.29 is 4.79 Å². The number of benzene rings is 3. The third-order valence-electron chi connectivity index (χ3n) is 6.26. The zero-order valence-corrected chi connectivity index (χ0v) is 19.9. The summed E-state index contributed by atoms with van der Waals surface area (Å²) in [7, 11) is 0. The fourth-order valence-corrected chi connectivity index (χ4v) is 4.36. The first-order chi connectivity index (χ1) is 17.7. The summed E-state index contributed by atoms with van der Waals surface area (Å²) < 4.78 is 1.40. The molecule has 2 aromatic heterocycles. The quantitative estimate of drug-likeness (QED) is 0.290. The zero-order chi connectivity index (χ0) is 24.7. The van der Waals surface area contributed by atoms with Crippen LogP contribution in [-0.4, -0.2) is 30.9 Å². The smallest absolute Gasteiger partial charge is 0.277 e. The van der Waals surface area contributed by atoms with Gasteiger partial charge in [0.05, 0.1) is 22.5 Å². The number of carbonyl (C=O) groups excluding carboxylic acids is 1. The number of para-hydroxylation sites is 2. The molecule has 0 saturated heterocycles. The molecular weight excluding hydrogens is 452 g/mol. The van der Waals surface area contributed by atoms with Crippen LogP contribution >= 0.6 is 0 Å². The molecule has 5 aromatic rings. The lowest BCUT2D eigenvalue weighted by atomic mass is 10.0. The van der Waals surface area contributed by atoms with Crippen molar-refractivity contribution in [3.63, 3.8) is 0 Å². The van der Waals surface area contributed by atoms with Crippen LogP contribution in [0.1, 0.15) is 43.1 Å². The minimum Gasteiger partial charge on any atom is -0.346 e. The first-order valence-corrected chi connectivity index (χ1v) is 12.3. The molecule has 8 nitrogen and oxygen atoms in total. The number of unbranched alkanes of at least 4 members (excludes halogenated alkanes) is 2. The fourth-order valence-electron chi connectivity index (χ4n) is 4.36. The molecule has 8 heteroatoms. The van der Waals surface area contributed by atoms with Gasteiger partial charge in [-0.2, -0.15) is 0 Å². The third-order valence-corrected chi connectivity index (χ3v) is 6.26. The van der Waals surface area contributed by atoms with Crippen LogP contribution in [0.5, 0.6) is 0 Å². The maximum absolute atomic E-state index is 12.8. The van der Waals surface area contributed by atoms with Gasteiger partial charge in [-0.05, 0) is 49.1 Å².